The predicted molar refractivity (Wildman–Crippen MR) is 132 cm³/mol. The number of benzene rings is 3. The highest BCUT2D eigenvalue weighted by Crippen LogP contribution is 2.30. The van der Waals surface area contributed by atoms with Crippen LogP contribution in [0.4, 0.5) is 29.5 Å². The van der Waals surface area contributed by atoms with Crippen molar-refractivity contribution in [1.82, 2.24) is 9.78 Å². The van der Waals surface area contributed by atoms with Crippen molar-refractivity contribution < 1.29 is 22.8 Å². The van der Waals surface area contributed by atoms with Gasteiger partial charge < -0.3 is 11.1 Å². The Morgan fingerprint density at radius 1 is 1.00 bits per heavy atom. The average Bonchev–Trinajstić information content (AvgIpc) is 3.21. The topological polar surface area (TPSA) is 102 Å². The maximum atomic E-state index is 14.0. The third-order valence-corrected chi connectivity index (χ3v) is 5.50. The van der Waals surface area contributed by atoms with Crippen LogP contribution in [0.5, 0.6) is 0 Å². The fourth-order valence-electron chi connectivity index (χ4n) is 3.78. The number of hydrogen-bond acceptors (Lipinski definition) is 3. The Balaban J connectivity index is 1.77. The molecule has 1 heterocycles. The van der Waals surface area contributed by atoms with E-state index < -0.39 is 40.5 Å². The Morgan fingerprint density at radius 3 is 2.42 bits per heavy atom. The van der Waals surface area contributed by atoms with E-state index in [2.05, 4.69) is 15.7 Å². The molecule has 0 aliphatic heterocycles. The molecule has 4 aromatic rings. The molecule has 4 rings (SSSR count). The van der Waals surface area contributed by atoms with Crippen molar-refractivity contribution in [2.45, 2.75) is 32.6 Å². The van der Waals surface area contributed by atoms with Crippen LogP contribution in [0.3, 0.4) is 0 Å². The average molecular weight is 496 g/mol. The first kappa shape index (κ1) is 24.8. The monoisotopic (exact) mass is 495 g/mol. The molecule has 4 N–H and O–H groups in total. The number of rotatable bonds is 5. The maximum Gasteiger partial charge on any atom is 0.324 e. The quantitative estimate of drug-likeness (QED) is 0.323. The summed E-state index contributed by atoms with van der Waals surface area (Å²) < 4.78 is 42.6. The van der Waals surface area contributed by atoms with Gasteiger partial charge in [0.2, 0.25) is 5.91 Å². The van der Waals surface area contributed by atoms with Crippen molar-refractivity contribution in [3.63, 3.8) is 0 Å². The van der Waals surface area contributed by atoms with Crippen LogP contribution in [0.15, 0.2) is 54.6 Å². The first-order chi connectivity index (χ1) is 16.9. The normalized spacial score (nSPS) is 11.5. The second-order valence-electron chi connectivity index (χ2n) is 9.37. The van der Waals surface area contributed by atoms with Crippen molar-refractivity contribution in [3.05, 3.63) is 83.3 Å². The van der Waals surface area contributed by atoms with Crippen LogP contribution >= 0.6 is 0 Å². The number of hydrogen-bond donors (Lipinski definition) is 3. The smallest absolute Gasteiger partial charge is 0.324 e. The maximum absolute atomic E-state index is 14.0. The molecule has 186 valence electrons. The summed E-state index contributed by atoms with van der Waals surface area (Å²) in [4.78, 5) is 24.4. The summed E-state index contributed by atoms with van der Waals surface area (Å²) in [5.74, 6) is -4.14. The van der Waals surface area contributed by atoms with E-state index in [0.717, 1.165) is 10.8 Å². The Kier molecular flexibility index (Phi) is 6.45. The molecule has 0 saturated heterocycles. The lowest BCUT2D eigenvalue weighted by molar-refractivity contribution is -0.117. The summed E-state index contributed by atoms with van der Waals surface area (Å²) in [6.45, 7) is 5.81. The molecule has 0 aliphatic carbocycles. The lowest BCUT2D eigenvalue weighted by Gasteiger charge is -2.15. The van der Waals surface area contributed by atoms with Crippen molar-refractivity contribution >= 4 is 34.2 Å². The highest BCUT2D eigenvalue weighted by molar-refractivity contribution is 5.99. The number of amides is 3. The van der Waals surface area contributed by atoms with Gasteiger partial charge in [-0.15, -0.1) is 0 Å². The van der Waals surface area contributed by atoms with Gasteiger partial charge >= 0.3 is 6.03 Å². The van der Waals surface area contributed by atoms with Gasteiger partial charge in [0, 0.05) is 23.6 Å². The molecule has 36 heavy (non-hydrogen) atoms. The Hall–Kier alpha value is -4.34. The van der Waals surface area contributed by atoms with Crippen LogP contribution in [-0.4, -0.2) is 21.7 Å². The van der Waals surface area contributed by atoms with E-state index in [1.807, 2.05) is 51.1 Å². The van der Waals surface area contributed by atoms with Gasteiger partial charge in [-0.25, -0.2) is 22.6 Å². The van der Waals surface area contributed by atoms with Crippen LogP contribution in [0.25, 0.3) is 16.5 Å². The summed E-state index contributed by atoms with van der Waals surface area (Å²) >= 11 is 0. The van der Waals surface area contributed by atoms with E-state index in [9.17, 15) is 22.8 Å². The number of carbonyl (C=O) groups is 2. The van der Waals surface area contributed by atoms with Crippen LogP contribution in [0.2, 0.25) is 0 Å². The molecule has 0 radical (unpaired) electrons. The SMILES string of the molecule is CC(C)(C)c1cc(NC(=O)Nc2cc(F)cc(F)c2F)n(-c2cc(CC(N)=O)c3ccccc3c2)n1. The highest BCUT2D eigenvalue weighted by Gasteiger charge is 2.23. The standard InChI is InChI=1S/C26H24F3N5O2/c1-26(2,3)21-13-23(32-25(36)31-20-12-16(27)11-19(28)24(20)29)34(33-21)17-8-14-6-4-5-7-18(14)15(9-17)10-22(30)35/h4-9,11-13H,10H2,1-3H3,(H2,30,35)(H2,31,32,36). The van der Waals surface area contributed by atoms with Gasteiger partial charge in [-0.1, -0.05) is 45.0 Å². The second kappa shape index (κ2) is 9.37. The van der Waals surface area contributed by atoms with Crippen molar-refractivity contribution in [1.29, 1.82) is 0 Å². The summed E-state index contributed by atoms with van der Waals surface area (Å²) in [5, 5.41) is 11.0. The van der Waals surface area contributed by atoms with E-state index in [4.69, 9.17) is 5.73 Å². The number of halogens is 3. The Labute approximate surface area is 205 Å². The summed E-state index contributed by atoms with van der Waals surface area (Å²) in [7, 11) is 0. The molecule has 3 aromatic carbocycles. The van der Waals surface area contributed by atoms with E-state index in [0.29, 0.717) is 29.1 Å². The van der Waals surface area contributed by atoms with Gasteiger partial charge in [0.25, 0.3) is 0 Å². The van der Waals surface area contributed by atoms with Crippen molar-refractivity contribution in [2.24, 2.45) is 5.73 Å². The molecular weight excluding hydrogens is 471 g/mol. The zero-order chi connectivity index (χ0) is 26.2. The van der Waals surface area contributed by atoms with Crippen molar-refractivity contribution in [2.75, 3.05) is 10.6 Å². The molecule has 1 aromatic heterocycles. The Morgan fingerprint density at radius 2 is 1.72 bits per heavy atom. The molecule has 0 bridgehead atoms. The predicted octanol–water partition coefficient (Wildman–Crippen LogP) is 5.41. The zero-order valence-electron chi connectivity index (χ0n) is 19.8. The lowest BCUT2D eigenvalue weighted by atomic mass is 9.92. The largest absolute Gasteiger partial charge is 0.369 e. The number of nitrogens with zero attached hydrogens (tertiary/aromatic N) is 2. The number of urea groups is 1. The van der Waals surface area contributed by atoms with Gasteiger partial charge in [-0.05, 0) is 28.5 Å². The highest BCUT2D eigenvalue weighted by atomic mass is 19.2. The zero-order valence-corrected chi connectivity index (χ0v) is 19.8. The minimum atomic E-state index is -1.43. The number of nitrogens with one attached hydrogen (secondary N) is 2. The van der Waals surface area contributed by atoms with Crippen LogP contribution in [0, 0.1) is 17.5 Å². The van der Waals surface area contributed by atoms with Crippen LogP contribution in [-0.2, 0) is 16.6 Å². The van der Waals surface area contributed by atoms with E-state index in [1.165, 1.54) is 4.68 Å². The fraction of sp³-hybridized carbons (Fsp3) is 0.192. The minimum absolute atomic E-state index is 0.00455. The number of aromatic nitrogens is 2. The molecule has 0 fully saturated rings. The van der Waals surface area contributed by atoms with Crippen LogP contribution in [0.1, 0.15) is 32.0 Å². The van der Waals surface area contributed by atoms with Crippen molar-refractivity contribution in [3.8, 4) is 5.69 Å². The van der Waals surface area contributed by atoms with E-state index >= 15 is 0 Å². The first-order valence-corrected chi connectivity index (χ1v) is 11.1. The third-order valence-electron chi connectivity index (χ3n) is 5.50. The van der Waals surface area contributed by atoms with Gasteiger partial charge in [0.1, 0.15) is 11.6 Å². The Bertz CT molecular complexity index is 1490. The molecule has 7 nitrogen and oxygen atoms in total. The lowest BCUT2D eigenvalue weighted by Crippen LogP contribution is -2.22. The minimum Gasteiger partial charge on any atom is -0.369 e. The number of fused-ring (bicyclic) bond motifs is 1. The summed E-state index contributed by atoms with van der Waals surface area (Å²) in [6, 6.07) is 12.8. The first-order valence-electron chi connectivity index (χ1n) is 11.1. The molecule has 0 spiro atoms. The van der Waals surface area contributed by atoms with Gasteiger partial charge in [-0.2, -0.15) is 5.10 Å². The molecule has 0 atom stereocenters. The summed E-state index contributed by atoms with van der Waals surface area (Å²) in [6.07, 6.45) is -0.00455. The number of carbonyl (C=O) groups excluding carboxylic acids is 2. The van der Waals surface area contributed by atoms with Gasteiger partial charge in [0.05, 0.1) is 23.5 Å². The van der Waals surface area contributed by atoms with Gasteiger partial charge in [0.15, 0.2) is 11.6 Å². The fourth-order valence-corrected chi connectivity index (χ4v) is 3.78. The number of nitrogens with two attached hydrogens (primary N) is 1. The molecule has 0 aliphatic rings. The third kappa shape index (κ3) is 5.17. The molecule has 10 heteroatoms. The van der Waals surface area contributed by atoms with Gasteiger partial charge in [-0.3, -0.25) is 10.1 Å². The number of anilines is 2. The number of primary amides is 1. The molecule has 0 unspecified atom stereocenters. The molecule has 0 saturated carbocycles. The molecule has 3 amide bonds. The van der Waals surface area contributed by atoms with E-state index in [-0.39, 0.29) is 12.2 Å². The second-order valence-corrected chi connectivity index (χ2v) is 9.37. The van der Waals surface area contributed by atoms with E-state index in [1.54, 1.807) is 12.1 Å². The van der Waals surface area contributed by atoms with Crippen LogP contribution < -0.4 is 16.4 Å². The summed E-state index contributed by atoms with van der Waals surface area (Å²) in [5.41, 5.74) is 6.25. The molecular formula is C26H24F3N5O2.